The Kier molecular flexibility index (Phi) is 8.63. The molecule has 4 unspecified atom stereocenters. The molecule has 206 valence electrons. The second kappa shape index (κ2) is 11.1. The zero-order chi connectivity index (χ0) is 26.1. The van der Waals surface area contributed by atoms with Crippen molar-refractivity contribution < 1.29 is 23.8 Å². The number of carbonyl (C=O) groups is 2. The average molecular weight is 529 g/mol. The Bertz CT molecular complexity index is 787. The molecule has 5 rings (SSSR count). The summed E-state index contributed by atoms with van der Waals surface area (Å²) >= 11 is 5.93. The number of ether oxygens (including phenoxy) is 1. The van der Waals surface area contributed by atoms with Crippen molar-refractivity contribution in [3.8, 4) is 0 Å². The third-order valence-corrected chi connectivity index (χ3v) is 10.4. The van der Waals surface area contributed by atoms with Gasteiger partial charge >= 0.3 is 0 Å². The molecule has 5 saturated carbocycles. The Balaban J connectivity index is 1.22. The van der Waals surface area contributed by atoms with Crippen LogP contribution in [0.25, 0.3) is 0 Å². The van der Waals surface area contributed by atoms with Gasteiger partial charge in [0.15, 0.2) is 0 Å². The van der Waals surface area contributed by atoms with E-state index in [1.165, 1.54) is 12.8 Å². The lowest BCUT2D eigenvalue weighted by Gasteiger charge is -2.55. The van der Waals surface area contributed by atoms with Crippen LogP contribution in [-0.4, -0.2) is 59.4 Å². The Labute approximate surface area is 220 Å². The maximum atomic E-state index is 13.8. The molecule has 0 saturated heterocycles. The van der Waals surface area contributed by atoms with Gasteiger partial charge in [-0.1, -0.05) is 20.8 Å². The van der Waals surface area contributed by atoms with Crippen LogP contribution in [0.15, 0.2) is 0 Å². The third-order valence-electron chi connectivity index (χ3n) is 9.90. The SMILES string of the molecule is CC(C)(C)C1CCC(CNC(=O)C23CCC(NC(=O)COC4CCC(Cl)C(F)C4)(CC2)CC3O)CC1. The van der Waals surface area contributed by atoms with Crippen molar-refractivity contribution in [1.29, 1.82) is 0 Å². The molecule has 6 nitrogen and oxygen atoms in total. The molecule has 2 amide bonds. The first-order valence-corrected chi connectivity index (χ1v) is 14.5. The lowest BCUT2D eigenvalue weighted by molar-refractivity contribution is -0.157. The summed E-state index contributed by atoms with van der Waals surface area (Å²) in [7, 11) is 0. The van der Waals surface area contributed by atoms with Crippen molar-refractivity contribution in [3.63, 3.8) is 0 Å². The van der Waals surface area contributed by atoms with Crippen molar-refractivity contribution in [3.05, 3.63) is 0 Å². The highest BCUT2D eigenvalue weighted by molar-refractivity contribution is 6.21. The van der Waals surface area contributed by atoms with Crippen LogP contribution >= 0.6 is 11.6 Å². The normalized spacial score (nSPS) is 41.1. The highest BCUT2D eigenvalue weighted by Crippen LogP contribution is 2.52. The van der Waals surface area contributed by atoms with E-state index in [4.69, 9.17) is 16.3 Å². The molecule has 0 aromatic heterocycles. The Morgan fingerprint density at radius 1 is 1.06 bits per heavy atom. The number of hydrogen-bond acceptors (Lipinski definition) is 4. The second-order valence-corrected chi connectivity index (χ2v) is 13.8. The maximum Gasteiger partial charge on any atom is 0.246 e. The topological polar surface area (TPSA) is 87.7 Å². The number of hydrogen-bond donors (Lipinski definition) is 3. The average Bonchev–Trinajstić information content (AvgIpc) is 2.83. The summed E-state index contributed by atoms with van der Waals surface area (Å²) in [5.41, 5.74) is -0.900. The van der Waals surface area contributed by atoms with E-state index >= 15 is 0 Å². The highest BCUT2D eigenvalue weighted by Gasteiger charge is 2.58. The highest BCUT2D eigenvalue weighted by atomic mass is 35.5. The van der Waals surface area contributed by atoms with Crippen molar-refractivity contribution in [2.45, 2.75) is 127 Å². The largest absolute Gasteiger partial charge is 0.392 e. The van der Waals surface area contributed by atoms with E-state index in [9.17, 15) is 19.1 Å². The zero-order valence-corrected chi connectivity index (χ0v) is 23.0. The Hall–Kier alpha value is -0.920. The molecule has 5 aliphatic carbocycles. The molecule has 2 bridgehead atoms. The number of amides is 2. The molecule has 0 spiro atoms. The minimum atomic E-state index is -1.10. The molecule has 0 heterocycles. The Morgan fingerprint density at radius 3 is 2.31 bits per heavy atom. The fourth-order valence-corrected chi connectivity index (χ4v) is 7.43. The fraction of sp³-hybridized carbons (Fsp3) is 0.929. The number of halogens is 2. The van der Waals surface area contributed by atoms with Crippen LogP contribution < -0.4 is 10.6 Å². The summed E-state index contributed by atoms with van der Waals surface area (Å²) in [6, 6.07) is 0. The number of alkyl halides is 2. The van der Waals surface area contributed by atoms with Gasteiger partial charge in [-0.2, -0.15) is 0 Å². The van der Waals surface area contributed by atoms with Crippen LogP contribution in [0.5, 0.6) is 0 Å². The van der Waals surface area contributed by atoms with E-state index in [2.05, 4.69) is 31.4 Å². The fourth-order valence-electron chi connectivity index (χ4n) is 7.20. The van der Waals surface area contributed by atoms with E-state index in [0.717, 1.165) is 18.8 Å². The summed E-state index contributed by atoms with van der Waals surface area (Å²) in [5.74, 6) is 0.997. The van der Waals surface area contributed by atoms with Crippen molar-refractivity contribution in [2.24, 2.45) is 22.7 Å². The number of carbonyl (C=O) groups excluding carboxylic acids is 2. The second-order valence-electron chi connectivity index (χ2n) is 13.3. The van der Waals surface area contributed by atoms with Crippen LogP contribution in [0.2, 0.25) is 0 Å². The lowest BCUT2D eigenvalue weighted by Crippen LogP contribution is -2.65. The molecule has 36 heavy (non-hydrogen) atoms. The standard InChI is InChI=1S/C28H46ClFN2O4/c1-26(2,3)19-6-4-18(5-7-19)16-31-25(35)28-12-10-27(11-13-28,15-23(28)33)32-24(34)17-36-20-8-9-21(29)22(30)14-20/h18-23,33H,4-17H2,1-3H3,(H,31,35)(H,32,34). The first-order chi connectivity index (χ1) is 16.9. The smallest absolute Gasteiger partial charge is 0.246 e. The van der Waals surface area contributed by atoms with Crippen molar-refractivity contribution in [1.82, 2.24) is 10.6 Å². The van der Waals surface area contributed by atoms with E-state index < -0.39 is 28.6 Å². The van der Waals surface area contributed by atoms with Gasteiger partial charge in [0, 0.05) is 18.5 Å². The molecule has 5 aliphatic rings. The van der Waals surface area contributed by atoms with Gasteiger partial charge in [0.2, 0.25) is 11.8 Å². The summed E-state index contributed by atoms with van der Waals surface area (Å²) in [6.07, 6.45) is 6.85. The van der Waals surface area contributed by atoms with E-state index in [0.29, 0.717) is 62.8 Å². The van der Waals surface area contributed by atoms with Gasteiger partial charge in [0.25, 0.3) is 0 Å². The van der Waals surface area contributed by atoms with Gasteiger partial charge in [-0.15, -0.1) is 11.6 Å². The number of nitrogens with one attached hydrogen (secondary N) is 2. The molecule has 8 heteroatoms. The summed E-state index contributed by atoms with van der Waals surface area (Å²) in [4.78, 5) is 25.9. The Morgan fingerprint density at radius 2 is 1.72 bits per heavy atom. The van der Waals surface area contributed by atoms with Crippen LogP contribution in [0.1, 0.15) is 97.8 Å². The van der Waals surface area contributed by atoms with Gasteiger partial charge in [0.1, 0.15) is 12.8 Å². The third kappa shape index (κ3) is 6.20. The molecule has 4 atom stereocenters. The van der Waals surface area contributed by atoms with Gasteiger partial charge < -0.3 is 20.5 Å². The first kappa shape index (κ1) is 28.1. The summed E-state index contributed by atoms with van der Waals surface area (Å²) in [5, 5.41) is 16.9. The van der Waals surface area contributed by atoms with Crippen LogP contribution in [0.4, 0.5) is 4.39 Å². The quantitative estimate of drug-likeness (QED) is 0.420. The van der Waals surface area contributed by atoms with E-state index in [1.807, 2.05) is 0 Å². The van der Waals surface area contributed by atoms with Gasteiger partial charge in [0.05, 0.1) is 23.0 Å². The minimum absolute atomic E-state index is 0.0217. The predicted molar refractivity (Wildman–Crippen MR) is 138 cm³/mol. The number of aliphatic hydroxyl groups is 1. The maximum absolute atomic E-state index is 13.8. The van der Waals surface area contributed by atoms with Crippen LogP contribution in [-0.2, 0) is 14.3 Å². The van der Waals surface area contributed by atoms with Crippen molar-refractivity contribution >= 4 is 23.4 Å². The molecular weight excluding hydrogens is 483 g/mol. The van der Waals surface area contributed by atoms with E-state index in [-0.39, 0.29) is 30.9 Å². The van der Waals surface area contributed by atoms with E-state index in [1.54, 1.807) is 0 Å². The predicted octanol–water partition coefficient (Wildman–Crippen LogP) is 4.65. The summed E-state index contributed by atoms with van der Waals surface area (Å²) < 4.78 is 19.5. The molecule has 5 fully saturated rings. The number of fused-ring (bicyclic) bond motifs is 3. The van der Waals surface area contributed by atoms with Gasteiger partial charge in [-0.3, -0.25) is 9.59 Å². The minimum Gasteiger partial charge on any atom is -0.392 e. The number of aliphatic hydroxyl groups excluding tert-OH is 1. The molecule has 0 aromatic rings. The molecule has 0 aromatic carbocycles. The van der Waals surface area contributed by atoms with Gasteiger partial charge in [-0.25, -0.2) is 4.39 Å². The molecule has 0 aliphatic heterocycles. The lowest BCUT2D eigenvalue weighted by atomic mass is 9.55. The monoisotopic (exact) mass is 528 g/mol. The van der Waals surface area contributed by atoms with Crippen LogP contribution in [0, 0.1) is 22.7 Å². The zero-order valence-electron chi connectivity index (χ0n) is 22.3. The molecular formula is C28H46ClFN2O4. The molecule has 3 N–H and O–H groups in total. The first-order valence-electron chi connectivity index (χ1n) is 14.1. The van der Waals surface area contributed by atoms with Crippen molar-refractivity contribution in [2.75, 3.05) is 13.2 Å². The van der Waals surface area contributed by atoms with Gasteiger partial charge in [-0.05, 0) is 87.9 Å². The number of rotatable bonds is 7. The van der Waals surface area contributed by atoms with Crippen LogP contribution in [0.3, 0.4) is 0 Å². The summed E-state index contributed by atoms with van der Waals surface area (Å²) in [6.45, 7) is 7.51. The molecule has 0 radical (unpaired) electrons.